The summed E-state index contributed by atoms with van der Waals surface area (Å²) in [6, 6.07) is 2.65. The molecule has 0 aromatic heterocycles. The Balaban J connectivity index is 0.00000361. The molecule has 1 aromatic carbocycles. The summed E-state index contributed by atoms with van der Waals surface area (Å²) in [6.07, 6.45) is 0. The fourth-order valence-corrected chi connectivity index (χ4v) is 3.26. The molecule has 0 saturated carbocycles. The Hall–Kier alpha value is -0.240. The third-order valence-corrected chi connectivity index (χ3v) is 4.75. The maximum atomic E-state index is 12.1. The molecule has 116 valence electrons. The van der Waals surface area contributed by atoms with Crippen molar-refractivity contribution in [1.29, 1.82) is 0 Å². The summed E-state index contributed by atoms with van der Waals surface area (Å²) in [7, 11) is -0.530. The Morgan fingerprint density at radius 1 is 1.30 bits per heavy atom. The molecule has 20 heavy (non-hydrogen) atoms. The molecule has 2 N–H and O–H groups in total. The van der Waals surface area contributed by atoms with Gasteiger partial charge in [-0.1, -0.05) is 23.2 Å². The van der Waals surface area contributed by atoms with Gasteiger partial charge < -0.3 is 10.1 Å². The van der Waals surface area contributed by atoms with Crippen LogP contribution in [0.3, 0.4) is 0 Å². The molecule has 1 atom stereocenters. The van der Waals surface area contributed by atoms with E-state index in [4.69, 9.17) is 27.9 Å². The van der Waals surface area contributed by atoms with Crippen LogP contribution in [0.5, 0.6) is 5.75 Å². The van der Waals surface area contributed by atoms with E-state index < -0.39 is 10.0 Å². The van der Waals surface area contributed by atoms with E-state index in [1.807, 2.05) is 6.92 Å². The van der Waals surface area contributed by atoms with E-state index in [9.17, 15) is 8.42 Å². The van der Waals surface area contributed by atoms with Crippen LogP contribution in [-0.2, 0) is 10.0 Å². The van der Waals surface area contributed by atoms with Gasteiger partial charge in [0.25, 0.3) is 0 Å². The average molecular weight is 364 g/mol. The predicted octanol–water partition coefficient (Wildman–Crippen LogP) is 2.31. The van der Waals surface area contributed by atoms with E-state index >= 15 is 0 Å². The van der Waals surface area contributed by atoms with E-state index in [1.165, 1.54) is 19.2 Å². The van der Waals surface area contributed by atoms with E-state index in [-0.39, 0.29) is 39.9 Å². The van der Waals surface area contributed by atoms with Crippen LogP contribution >= 0.6 is 35.6 Å². The van der Waals surface area contributed by atoms with Crippen LogP contribution in [0.2, 0.25) is 10.0 Å². The molecule has 0 aliphatic heterocycles. The second-order valence-corrected chi connectivity index (χ2v) is 6.51. The summed E-state index contributed by atoms with van der Waals surface area (Å²) in [4.78, 5) is -0.0664. The number of rotatable bonds is 6. The van der Waals surface area contributed by atoms with E-state index in [0.29, 0.717) is 5.75 Å². The lowest BCUT2D eigenvalue weighted by molar-refractivity contribution is 0.414. The van der Waals surface area contributed by atoms with Gasteiger partial charge in [-0.3, -0.25) is 0 Å². The Bertz CT molecular complexity index is 552. The van der Waals surface area contributed by atoms with Crippen LogP contribution in [0.4, 0.5) is 0 Å². The van der Waals surface area contributed by atoms with Crippen LogP contribution in [0.15, 0.2) is 17.0 Å². The van der Waals surface area contributed by atoms with Crippen LogP contribution in [0.25, 0.3) is 0 Å². The highest BCUT2D eigenvalue weighted by Gasteiger charge is 2.20. The number of benzene rings is 1. The van der Waals surface area contributed by atoms with Crippen molar-refractivity contribution in [3.8, 4) is 5.75 Å². The van der Waals surface area contributed by atoms with Crippen molar-refractivity contribution >= 4 is 45.6 Å². The number of sulfonamides is 1. The van der Waals surface area contributed by atoms with Crippen molar-refractivity contribution in [3.05, 3.63) is 22.2 Å². The number of hydrogen-bond donors (Lipinski definition) is 2. The standard InChI is InChI=1S/C11H16Cl2N2O3S.ClH/c1-7(14-2)6-15-19(16,17)11-5-8(12)10(18-3)4-9(11)13;/h4-5,7,14-15H,6H2,1-3H3;1H. The van der Waals surface area contributed by atoms with Gasteiger partial charge in [0.1, 0.15) is 10.6 Å². The SMILES string of the molecule is CNC(C)CNS(=O)(=O)c1cc(Cl)c(OC)cc1Cl.Cl. The van der Waals surface area contributed by atoms with E-state index in [1.54, 1.807) is 7.05 Å². The molecule has 0 fully saturated rings. The number of halogens is 3. The first-order chi connectivity index (χ1) is 8.81. The van der Waals surface area contributed by atoms with Crippen LogP contribution in [0, 0.1) is 0 Å². The van der Waals surface area contributed by atoms with E-state index in [0.717, 1.165) is 0 Å². The number of nitrogens with one attached hydrogen (secondary N) is 2. The summed E-state index contributed by atoms with van der Waals surface area (Å²) >= 11 is 11.8. The topological polar surface area (TPSA) is 67.4 Å². The number of hydrogen-bond acceptors (Lipinski definition) is 4. The normalized spacial score (nSPS) is 12.7. The fourth-order valence-electron chi connectivity index (χ4n) is 1.29. The Morgan fingerprint density at radius 3 is 2.40 bits per heavy atom. The van der Waals surface area contributed by atoms with Crippen molar-refractivity contribution in [2.75, 3.05) is 20.7 Å². The summed E-state index contributed by atoms with van der Waals surface area (Å²) in [5, 5.41) is 3.18. The van der Waals surface area contributed by atoms with Crippen molar-refractivity contribution < 1.29 is 13.2 Å². The minimum Gasteiger partial charge on any atom is -0.495 e. The zero-order valence-corrected chi connectivity index (χ0v) is 14.4. The van der Waals surface area contributed by atoms with Crippen LogP contribution in [0.1, 0.15) is 6.92 Å². The molecule has 0 spiro atoms. The molecule has 9 heteroatoms. The quantitative estimate of drug-likeness (QED) is 0.814. The molecule has 0 heterocycles. The number of ether oxygens (including phenoxy) is 1. The van der Waals surface area contributed by atoms with Crippen molar-refractivity contribution in [2.24, 2.45) is 0 Å². The molecule has 0 radical (unpaired) electrons. The van der Waals surface area contributed by atoms with Gasteiger partial charge in [-0.05, 0) is 20.0 Å². The predicted molar refractivity (Wildman–Crippen MR) is 84.0 cm³/mol. The molecule has 1 aromatic rings. The summed E-state index contributed by atoms with van der Waals surface area (Å²) in [5.74, 6) is 0.328. The molecule has 0 aliphatic rings. The molecule has 1 unspecified atom stereocenters. The van der Waals surface area contributed by atoms with Gasteiger partial charge in [0.05, 0.1) is 17.2 Å². The monoisotopic (exact) mass is 362 g/mol. The van der Waals surface area contributed by atoms with Gasteiger partial charge in [0.2, 0.25) is 10.0 Å². The molecular weight excluding hydrogens is 347 g/mol. The zero-order valence-electron chi connectivity index (χ0n) is 11.2. The van der Waals surface area contributed by atoms with Crippen molar-refractivity contribution in [2.45, 2.75) is 17.9 Å². The fraction of sp³-hybridized carbons (Fsp3) is 0.455. The molecule has 1 rings (SSSR count). The van der Waals surface area contributed by atoms with Gasteiger partial charge in [-0.2, -0.15) is 0 Å². The summed E-state index contributed by atoms with van der Waals surface area (Å²) < 4.78 is 31.6. The number of likely N-dealkylation sites (N-methyl/N-ethyl adjacent to an activating group) is 1. The lowest BCUT2D eigenvalue weighted by atomic mass is 10.3. The smallest absolute Gasteiger partial charge is 0.242 e. The maximum absolute atomic E-state index is 12.1. The first-order valence-corrected chi connectivity index (χ1v) is 7.75. The second kappa shape index (κ2) is 8.26. The minimum absolute atomic E-state index is 0. The zero-order chi connectivity index (χ0) is 14.6. The van der Waals surface area contributed by atoms with Gasteiger partial charge >= 0.3 is 0 Å². The first kappa shape index (κ1) is 19.8. The second-order valence-electron chi connectivity index (χ2n) is 3.96. The number of methoxy groups -OCH3 is 1. The highest BCUT2D eigenvalue weighted by atomic mass is 35.5. The Morgan fingerprint density at radius 2 is 1.90 bits per heavy atom. The van der Waals surface area contributed by atoms with Crippen molar-refractivity contribution in [1.82, 2.24) is 10.0 Å². The van der Waals surface area contributed by atoms with Crippen LogP contribution in [-0.4, -0.2) is 35.2 Å². The van der Waals surface area contributed by atoms with E-state index in [2.05, 4.69) is 10.0 Å². The van der Waals surface area contributed by atoms with Gasteiger partial charge in [-0.15, -0.1) is 12.4 Å². The largest absolute Gasteiger partial charge is 0.495 e. The van der Waals surface area contributed by atoms with Crippen molar-refractivity contribution in [3.63, 3.8) is 0 Å². The molecule has 0 aliphatic carbocycles. The van der Waals surface area contributed by atoms with Crippen LogP contribution < -0.4 is 14.8 Å². The molecule has 0 bridgehead atoms. The summed E-state index contributed by atoms with van der Waals surface area (Å²) in [5.41, 5.74) is 0. The molecular formula is C11H17Cl3N2O3S. The highest BCUT2D eigenvalue weighted by molar-refractivity contribution is 7.89. The minimum atomic E-state index is -3.71. The first-order valence-electron chi connectivity index (χ1n) is 5.51. The maximum Gasteiger partial charge on any atom is 0.242 e. The third kappa shape index (κ3) is 4.95. The summed E-state index contributed by atoms with van der Waals surface area (Å²) in [6.45, 7) is 2.10. The third-order valence-electron chi connectivity index (χ3n) is 2.57. The lowest BCUT2D eigenvalue weighted by Crippen LogP contribution is -2.37. The highest BCUT2D eigenvalue weighted by Crippen LogP contribution is 2.33. The molecule has 5 nitrogen and oxygen atoms in total. The molecule has 0 saturated heterocycles. The lowest BCUT2D eigenvalue weighted by Gasteiger charge is -2.13. The molecule has 0 amide bonds. The van der Waals surface area contributed by atoms with Gasteiger partial charge in [0, 0.05) is 18.7 Å². The average Bonchev–Trinajstić information content (AvgIpc) is 2.38. The Kier molecular flexibility index (Phi) is 8.16. The van der Waals surface area contributed by atoms with Gasteiger partial charge in [0.15, 0.2) is 0 Å². The van der Waals surface area contributed by atoms with Gasteiger partial charge in [-0.25, -0.2) is 13.1 Å². The Labute approximate surface area is 135 Å².